The van der Waals surface area contributed by atoms with E-state index in [-0.39, 0.29) is 6.10 Å². The third kappa shape index (κ3) is 3.04. The van der Waals surface area contributed by atoms with E-state index < -0.39 is 0 Å². The molecule has 0 atom stereocenters. The summed E-state index contributed by atoms with van der Waals surface area (Å²) in [6.07, 6.45) is 7.98. The Morgan fingerprint density at radius 2 is 2.00 bits per heavy atom. The van der Waals surface area contributed by atoms with Crippen molar-refractivity contribution in [1.29, 1.82) is 0 Å². The van der Waals surface area contributed by atoms with Gasteiger partial charge in [0.2, 0.25) is 0 Å². The first kappa shape index (κ1) is 16.6. The number of nitrogens with zero attached hydrogens (tertiary/aromatic N) is 4. The predicted molar refractivity (Wildman–Crippen MR) is 106 cm³/mol. The molecule has 0 bridgehead atoms. The second-order valence-electron chi connectivity index (χ2n) is 7.15. The summed E-state index contributed by atoms with van der Waals surface area (Å²) in [6.45, 7) is 0. The maximum absolute atomic E-state index is 6.52. The quantitative estimate of drug-likeness (QED) is 0.549. The smallest absolute Gasteiger partial charge is 0.296 e. The minimum absolute atomic E-state index is 0.238. The minimum atomic E-state index is 0.238. The van der Waals surface area contributed by atoms with Gasteiger partial charge in [-0.2, -0.15) is 10.1 Å². The van der Waals surface area contributed by atoms with Gasteiger partial charge in [0, 0.05) is 18.0 Å². The number of fused-ring (bicyclic) bond motifs is 2. The lowest BCUT2D eigenvalue weighted by atomic mass is 9.98. The van der Waals surface area contributed by atoms with Crippen molar-refractivity contribution in [3.8, 4) is 17.3 Å². The molecule has 3 heterocycles. The first-order chi connectivity index (χ1) is 13.2. The Kier molecular flexibility index (Phi) is 4.01. The summed E-state index contributed by atoms with van der Waals surface area (Å²) in [7, 11) is 1.93. The molecule has 27 heavy (non-hydrogen) atoms. The number of rotatable bonds is 3. The summed E-state index contributed by atoms with van der Waals surface area (Å²) in [6, 6.07) is 8.47. The van der Waals surface area contributed by atoms with Crippen LogP contribution in [-0.2, 0) is 7.05 Å². The Morgan fingerprint density at radius 3 is 2.85 bits per heavy atom. The third-order valence-electron chi connectivity index (χ3n) is 5.25. The van der Waals surface area contributed by atoms with Crippen molar-refractivity contribution in [2.24, 2.45) is 7.05 Å². The highest BCUT2D eigenvalue weighted by Crippen LogP contribution is 2.32. The van der Waals surface area contributed by atoms with Crippen molar-refractivity contribution in [3.63, 3.8) is 0 Å². The van der Waals surface area contributed by atoms with E-state index in [9.17, 15) is 0 Å². The van der Waals surface area contributed by atoms with E-state index >= 15 is 0 Å². The van der Waals surface area contributed by atoms with Crippen LogP contribution in [0.4, 0.5) is 0 Å². The van der Waals surface area contributed by atoms with Crippen LogP contribution in [0.15, 0.2) is 30.5 Å². The zero-order valence-corrected chi connectivity index (χ0v) is 15.8. The van der Waals surface area contributed by atoms with Crippen molar-refractivity contribution in [1.82, 2.24) is 24.7 Å². The monoisotopic (exact) mass is 381 g/mol. The summed E-state index contributed by atoms with van der Waals surface area (Å²) in [5, 5.41) is 5.92. The van der Waals surface area contributed by atoms with Crippen LogP contribution in [0.5, 0.6) is 6.01 Å². The summed E-state index contributed by atoms with van der Waals surface area (Å²) in [5.74, 6) is 0. The largest absolute Gasteiger partial charge is 0.461 e. The Hall–Kier alpha value is -2.60. The maximum Gasteiger partial charge on any atom is 0.296 e. The molecule has 1 aromatic carbocycles. The van der Waals surface area contributed by atoms with Crippen LogP contribution in [0.1, 0.15) is 32.1 Å². The SMILES string of the molecule is Cn1ncc2cc(-c3nc4[nH]c(OC5CCCCC5)nc4cc3Cl)ccc21. The Bertz CT molecular complexity index is 1130. The fourth-order valence-corrected chi connectivity index (χ4v) is 4.06. The van der Waals surface area contributed by atoms with Crippen molar-refractivity contribution in [2.75, 3.05) is 0 Å². The summed E-state index contributed by atoms with van der Waals surface area (Å²) in [5.41, 5.74) is 4.15. The van der Waals surface area contributed by atoms with E-state index in [1.54, 1.807) is 0 Å². The highest BCUT2D eigenvalue weighted by atomic mass is 35.5. The van der Waals surface area contributed by atoms with E-state index in [1.807, 2.05) is 36.1 Å². The van der Waals surface area contributed by atoms with Crippen molar-refractivity contribution < 1.29 is 4.74 Å². The number of benzene rings is 1. The van der Waals surface area contributed by atoms with Gasteiger partial charge in [0.1, 0.15) is 11.6 Å². The molecule has 1 N–H and O–H groups in total. The number of aryl methyl sites for hydroxylation is 1. The first-order valence-corrected chi connectivity index (χ1v) is 9.70. The van der Waals surface area contributed by atoms with Crippen molar-refractivity contribution in [3.05, 3.63) is 35.5 Å². The van der Waals surface area contributed by atoms with Gasteiger partial charge in [0.15, 0.2) is 5.65 Å². The van der Waals surface area contributed by atoms with Crippen LogP contribution in [-0.4, -0.2) is 30.8 Å². The molecule has 1 saturated carbocycles. The van der Waals surface area contributed by atoms with Crippen LogP contribution in [0.2, 0.25) is 5.02 Å². The Labute approximate surface area is 161 Å². The molecule has 1 aliphatic rings. The molecule has 3 aromatic heterocycles. The minimum Gasteiger partial charge on any atom is -0.461 e. The van der Waals surface area contributed by atoms with E-state index in [0.717, 1.165) is 40.5 Å². The van der Waals surface area contributed by atoms with E-state index in [1.165, 1.54) is 19.3 Å². The molecular weight excluding hydrogens is 362 g/mol. The molecule has 0 amide bonds. The van der Waals surface area contributed by atoms with Gasteiger partial charge in [0.25, 0.3) is 6.01 Å². The van der Waals surface area contributed by atoms with Gasteiger partial charge >= 0.3 is 0 Å². The molecular formula is C20H20ClN5O. The number of aromatic amines is 1. The molecule has 7 heteroatoms. The van der Waals surface area contributed by atoms with Crippen LogP contribution >= 0.6 is 11.6 Å². The molecule has 4 aromatic rings. The molecule has 0 spiro atoms. The van der Waals surface area contributed by atoms with Gasteiger partial charge in [-0.3, -0.25) is 9.67 Å². The fourth-order valence-electron chi connectivity index (χ4n) is 3.81. The normalized spacial score (nSPS) is 15.6. The topological polar surface area (TPSA) is 68.6 Å². The number of hydrogen-bond acceptors (Lipinski definition) is 4. The van der Waals surface area contributed by atoms with E-state index in [0.29, 0.717) is 16.7 Å². The second kappa shape index (κ2) is 6.53. The number of pyridine rings is 1. The molecule has 5 rings (SSSR count). The zero-order chi connectivity index (χ0) is 18.4. The molecule has 0 aliphatic heterocycles. The maximum atomic E-state index is 6.52. The molecule has 0 radical (unpaired) electrons. The summed E-state index contributed by atoms with van der Waals surface area (Å²) in [4.78, 5) is 12.4. The number of hydrogen-bond donors (Lipinski definition) is 1. The number of ether oxygens (including phenoxy) is 1. The lowest BCUT2D eigenvalue weighted by molar-refractivity contribution is 0.143. The number of nitrogens with one attached hydrogen (secondary N) is 1. The van der Waals surface area contributed by atoms with Crippen molar-refractivity contribution >= 4 is 33.7 Å². The average Bonchev–Trinajstić information content (AvgIpc) is 3.24. The molecule has 1 fully saturated rings. The summed E-state index contributed by atoms with van der Waals surface area (Å²) >= 11 is 6.52. The lowest BCUT2D eigenvalue weighted by Crippen LogP contribution is -2.20. The first-order valence-electron chi connectivity index (χ1n) is 9.32. The molecule has 6 nitrogen and oxygen atoms in total. The zero-order valence-electron chi connectivity index (χ0n) is 15.1. The predicted octanol–water partition coefficient (Wildman–Crippen LogP) is 4.88. The summed E-state index contributed by atoms with van der Waals surface area (Å²) < 4.78 is 7.87. The van der Waals surface area contributed by atoms with Crippen LogP contribution in [0.25, 0.3) is 33.3 Å². The number of imidazole rings is 1. The molecule has 1 aliphatic carbocycles. The van der Waals surface area contributed by atoms with E-state index in [4.69, 9.17) is 21.3 Å². The van der Waals surface area contributed by atoms with Gasteiger partial charge < -0.3 is 4.74 Å². The highest BCUT2D eigenvalue weighted by Gasteiger charge is 2.18. The number of aromatic nitrogens is 5. The van der Waals surface area contributed by atoms with Gasteiger partial charge in [-0.15, -0.1) is 0 Å². The Morgan fingerprint density at radius 1 is 1.15 bits per heavy atom. The Balaban J connectivity index is 1.51. The fraction of sp³-hybridized carbons (Fsp3) is 0.350. The van der Waals surface area contributed by atoms with Crippen LogP contribution < -0.4 is 4.74 Å². The molecule has 0 saturated heterocycles. The molecule has 138 valence electrons. The van der Waals surface area contributed by atoms with Crippen LogP contribution in [0.3, 0.4) is 0 Å². The van der Waals surface area contributed by atoms with Gasteiger partial charge in [-0.1, -0.05) is 24.1 Å². The lowest BCUT2D eigenvalue weighted by Gasteiger charge is -2.21. The third-order valence-corrected chi connectivity index (χ3v) is 5.54. The molecule has 0 unspecified atom stereocenters. The van der Waals surface area contributed by atoms with E-state index in [2.05, 4.69) is 21.1 Å². The van der Waals surface area contributed by atoms with Crippen molar-refractivity contribution in [2.45, 2.75) is 38.2 Å². The number of halogens is 1. The highest BCUT2D eigenvalue weighted by molar-refractivity contribution is 6.33. The van der Waals surface area contributed by atoms with Gasteiger partial charge in [-0.25, -0.2) is 4.98 Å². The second-order valence-corrected chi connectivity index (χ2v) is 7.56. The average molecular weight is 382 g/mol. The number of H-pyrrole nitrogens is 1. The van der Waals surface area contributed by atoms with Gasteiger partial charge in [0.05, 0.1) is 22.4 Å². The standard InChI is InChI=1S/C20H20ClN5O/c1-26-17-8-7-12(9-13(17)11-22-26)18-15(21)10-16-19(24-18)25-20(23-16)27-14-5-3-2-4-6-14/h7-11,14H,2-6H2,1H3,(H,23,24,25). The van der Waals surface area contributed by atoms with Crippen LogP contribution in [0, 0.1) is 0 Å². The van der Waals surface area contributed by atoms with Gasteiger partial charge in [-0.05, 0) is 43.9 Å².